The first-order chi connectivity index (χ1) is 11.9. The summed E-state index contributed by atoms with van der Waals surface area (Å²) >= 11 is 0. The molecule has 0 radical (unpaired) electrons. The number of carbonyl (C=O) groups excluding carboxylic acids is 3. The molecule has 0 spiro atoms. The van der Waals surface area contributed by atoms with Crippen LogP contribution in [0, 0.1) is 0 Å². The topological polar surface area (TPSA) is 110 Å². The standard InChI is InChI=1S/C16H24N6O3/c1-3-16(2)14(24)22(15(25)19-16)20-13(23)10-21-6-4-11(5-7-21)12-8-17-18-9-12/h8-9,11H,3-7,10H2,1-2H3,(H,17,18)(H,19,25)(H,20,23)/t16-/m0/s1. The molecule has 0 saturated carbocycles. The summed E-state index contributed by atoms with van der Waals surface area (Å²) in [6.07, 6.45) is 6.11. The highest BCUT2D eigenvalue weighted by atomic mass is 16.2. The van der Waals surface area contributed by atoms with Gasteiger partial charge in [0.15, 0.2) is 0 Å². The fourth-order valence-corrected chi connectivity index (χ4v) is 3.30. The number of hydrogen-bond donors (Lipinski definition) is 3. The van der Waals surface area contributed by atoms with Gasteiger partial charge in [0.25, 0.3) is 11.8 Å². The van der Waals surface area contributed by atoms with Gasteiger partial charge < -0.3 is 5.32 Å². The van der Waals surface area contributed by atoms with Gasteiger partial charge in [0.2, 0.25) is 0 Å². The van der Waals surface area contributed by atoms with Crippen molar-refractivity contribution < 1.29 is 14.4 Å². The predicted octanol–water partition coefficient (Wildman–Crippen LogP) is 0.341. The highest BCUT2D eigenvalue weighted by molar-refractivity contribution is 6.07. The summed E-state index contributed by atoms with van der Waals surface area (Å²) in [4.78, 5) is 38.5. The van der Waals surface area contributed by atoms with E-state index in [0.717, 1.165) is 30.9 Å². The van der Waals surface area contributed by atoms with E-state index < -0.39 is 17.5 Å². The molecule has 4 amide bonds. The quantitative estimate of drug-likeness (QED) is 0.665. The molecule has 1 atom stereocenters. The molecular weight excluding hydrogens is 324 g/mol. The number of hydrazine groups is 1. The van der Waals surface area contributed by atoms with Crippen LogP contribution in [0.2, 0.25) is 0 Å². The summed E-state index contributed by atoms with van der Waals surface area (Å²) in [6.45, 7) is 5.21. The van der Waals surface area contributed by atoms with Gasteiger partial charge in [0.05, 0.1) is 12.7 Å². The minimum absolute atomic E-state index is 0.165. The van der Waals surface area contributed by atoms with Gasteiger partial charge in [0, 0.05) is 6.20 Å². The molecular formula is C16H24N6O3. The van der Waals surface area contributed by atoms with E-state index >= 15 is 0 Å². The molecule has 0 bridgehead atoms. The lowest BCUT2D eigenvalue weighted by molar-refractivity contribution is -0.139. The number of hydrogen-bond acceptors (Lipinski definition) is 5. The second-order valence-electron chi connectivity index (χ2n) is 6.87. The Morgan fingerprint density at radius 2 is 2.12 bits per heavy atom. The number of imide groups is 1. The number of aromatic amines is 1. The smallest absolute Gasteiger partial charge is 0.322 e. The molecule has 3 N–H and O–H groups in total. The third kappa shape index (κ3) is 3.51. The number of likely N-dealkylation sites (tertiary alicyclic amines) is 1. The molecule has 2 aliphatic rings. The predicted molar refractivity (Wildman–Crippen MR) is 89.2 cm³/mol. The van der Waals surface area contributed by atoms with Gasteiger partial charge in [-0.05, 0) is 50.8 Å². The molecule has 25 heavy (non-hydrogen) atoms. The van der Waals surface area contributed by atoms with E-state index in [-0.39, 0.29) is 12.5 Å². The number of nitrogens with one attached hydrogen (secondary N) is 3. The minimum Gasteiger partial charge on any atom is -0.322 e. The Kier molecular flexibility index (Phi) is 4.76. The van der Waals surface area contributed by atoms with Crippen LogP contribution in [0.4, 0.5) is 4.79 Å². The lowest BCUT2D eigenvalue weighted by Crippen LogP contribution is -2.51. The second kappa shape index (κ2) is 6.83. The fourth-order valence-electron chi connectivity index (χ4n) is 3.30. The maximum Gasteiger partial charge on any atom is 0.344 e. The lowest BCUT2D eigenvalue weighted by Gasteiger charge is -2.31. The number of rotatable bonds is 5. The van der Waals surface area contributed by atoms with Crippen molar-refractivity contribution in [1.82, 2.24) is 30.8 Å². The lowest BCUT2D eigenvalue weighted by atomic mass is 9.92. The molecule has 0 aliphatic carbocycles. The maximum atomic E-state index is 12.3. The van der Waals surface area contributed by atoms with Gasteiger partial charge >= 0.3 is 6.03 Å². The van der Waals surface area contributed by atoms with Crippen LogP contribution in [0.5, 0.6) is 0 Å². The number of piperidine rings is 1. The summed E-state index contributed by atoms with van der Waals surface area (Å²) in [5.74, 6) is -0.327. The molecule has 9 nitrogen and oxygen atoms in total. The van der Waals surface area contributed by atoms with Crippen molar-refractivity contribution in [2.24, 2.45) is 0 Å². The number of H-pyrrole nitrogens is 1. The van der Waals surface area contributed by atoms with E-state index in [1.807, 2.05) is 24.2 Å². The van der Waals surface area contributed by atoms with Crippen LogP contribution in [-0.4, -0.2) is 63.1 Å². The van der Waals surface area contributed by atoms with Crippen molar-refractivity contribution in [3.63, 3.8) is 0 Å². The molecule has 3 rings (SSSR count). The zero-order valence-corrected chi connectivity index (χ0v) is 14.5. The van der Waals surface area contributed by atoms with Crippen LogP contribution in [0.25, 0.3) is 0 Å². The normalized spacial score (nSPS) is 25.3. The van der Waals surface area contributed by atoms with Crippen LogP contribution >= 0.6 is 0 Å². The van der Waals surface area contributed by atoms with Crippen LogP contribution in [0.15, 0.2) is 12.4 Å². The minimum atomic E-state index is -0.951. The largest absolute Gasteiger partial charge is 0.344 e. The molecule has 2 saturated heterocycles. The summed E-state index contributed by atoms with van der Waals surface area (Å²) in [6, 6.07) is -0.582. The van der Waals surface area contributed by atoms with Crippen LogP contribution in [-0.2, 0) is 9.59 Å². The Balaban J connectivity index is 1.49. The maximum absolute atomic E-state index is 12.3. The van der Waals surface area contributed by atoms with E-state index in [4.69, 9.17) is 0 Å². The van der Waals surface area contributed by atoms with Crippen molar-refractivity contribution >= 4 is 17.8 Å². The van der Waals surface area contributed by atoms with Gasteiger partial charge in [-0.3, -0.25) is 25.0 Å². The molecule has 0 unspecified atom stereocenters. The van der Waals surface area contributed by atoms with Gasteiger partial charge in [-0.1, -0.05) is 6.92 Å². The van der Waals surface area contributed by atoms with Gasteiger partial charge in [-0.2, -0.15) is 10.1 Å². The average molecular weight is 348 g/mol. The number of nitrogens with zero attached hydrogens (tertiary/aromatic N) is 3. The van der Waals surface area contributed by atoms with E-state index in [2.05, 4.69) is 20.9 Å². The monoisotopic (exact) mass is 348 g/mol. The Hall–Kier alpha value is -2.42. The zero-order valence-electron chi connectivity index (χ0n) is 14.5. The van der Waals surface area contributed by atoms with E-state index in [0.29, 0.717) is 12.3 Å². The second-order valence-corrected chi connectivity index (χ2v) is 6.87. The first-order valence-electron chi connectivity index (χ1n) is 8.60. The fraction of sp³-hybridized carbons (Fsp3) is 0.625. The Bertz CT molecular complexity index is 653. The van der Waals surface area contributed by atoms with E-state index in [1.165, 1.54) is 5.56 Å². The first kappa shape index (κ1) is 17.4. The van der Waals surface area contributed by atoms with Crippen molar-refractivity contribution in [2.45, 2.75) is 44.6 Å². The Morgan fingerprint density at radius 3 is 2.68 bits per heavy atom. The average Bonchev–Trinajstić information content (AvgIpc) is 3.20. The summed E-state index contributed by atoms with van der Waals surface area (Å²) in [5, 5.41) is 10.2. The van der Waals surface area contributed by atoms with Crippen molar-refractivity contribution in [3.8, 4) is 0 Å². The van der Waals surface area contributed by atoms with Crippen molar-refractivity contribution in [2.75, 3.05) is 19.6 Å². The summed E-state index contributed by atoms with van der Waals surface area (Å²) in [5.41, 5.74) is 2.68. The first-order valence-corrected chi connectivity index (χ1v) is 8.60. The number of urea groups is 1. The number of aromatic nitrogens is 2. The van der Waals surface area contributed by atoms with Crippen LogP contribution < -0.4 is 10.7 Å². The highest BCUT2D eigenvalue weighted by Crippen LogP contribution is 2.27. The highest BCUT2D eigenvalue weighted by Gasteiger charge is 2.47. The van der Waals surface area contributed by atoms with E-state index in [1.54, 1.807) is 6.92 Å². The Labute approximate surface area is 146 Å². The third-order valence-electron chi connectivity index (χ3n) is 5.15. The van der Waals surface area contributed by atoms with Gasteiger partial charge in [-0.25, -0.2) is 4.79 Å². The van der Waals surface area contributed by atoms with Crippen molar-refractivity contribution in [1.29, 1.82) is 0 Å². The Morgan fingerprint density at radius 1 is 1.40 bits per heavy atom. The van der Waals surface area contributed by atoms with Crippen LogP contribution in [0.1, 0.15) is 44.6 Å². The van der Waals surface area contributed by atoms with Crippen LogP contribution in [0.3, 0.4) is 0 Å². The summed E-state index contributed by atoms with van der Waals surface area (Å²) < 4.78 is 0. The molecule has 1 aromatic heterocycles. The molecule has 9 heteroatoms. The number of carbonyl (C=O) groups is 3. The summed E-state index contributed by atoms with van der Waals surface area (Å²) in [7, 11) is 0. The van der Waals surface area contributed by atoms with E-state index in [9.17, 15) is 14.4 Å². The third-order valence-corrected chi connectivity index (χ3v) is 5.15. The molecule has 1 aromatic rings. The van der Waals surface area contributed by atoms with Gasteiger partial charge in [-0.15, -0.1) is 0 Å². The molecule has 0 aromatic carbocycles. The molecule has 136 valence electrons. The molecule has 2 fully saturated rings. The van der Waals surface area contributed by atoms with Gasteiger partial charge in [0.1, 0.15) is 5.54 Å². The SMILES string of the molecule is CC[C@]1(C)NC(=O)N(NC(=O)CN2CCC(c3cn[nH]c3)CC2)C1=O. The molecule has 3 heterocycles. The van der Waals surface area contributed by atoms with Crippen molar-refractivity contribution in [3.05, 3.63) is 18.0 Å². The molecule has 2 aliphatic heterocycles. The number of amides is 4. The zero-order chi connectivity index (χ0) is 18.0.